The molecule has 20 heavy (non-hydrogen) atoms. The Kier molecular flexibility index (Phi) is 4.41. The first-order valence-electron chi connectivity index (χ1n) is 6.27. The van der Waals surface area contributed by atoms with E-state index in [-0.39, 0.29) is 6.54 Å². The van der Waals surface area contributed by atoms with Gasteiger partial charge in [0.05, 0.1) is 12.8 Å². The Morgan fingerprint density at radius 1 is 1.60 bits per heavy atom. The first-order chi connectivity index (χ1) is 9.51. The van der Waals surface area contributed by atoms with Gasteiger partial charge in [0, 0.05) is 11.1 Å². The lowest BCUT2D eigenvalue weighted by molar-refractivity contribution is 0.0372. The molecule has 1 atom stereocenters. The SMILES string of the molecule is CCc1cnc(NC(=O)NCC(C)(O)c2ccco2)s1. The topological polar surface area (TPSA) is 87.4 Å². The second-order valence-corrected chi connectivity index (χ2v) is 5.66. The van der Waals surface area contributed by atoms with Crippen molar-refractivity contribution in [1.29, 1.82) is 0 Å². The van der Waals surface area contributed by atoms with Gasteiger partial charge in [0.25, 0.3) is 0 Å². The van der Waals surface area contributed by atoms with Crippen LogP contribution in [0.2, 0.25) is 0 Å². The van der Waals surface area contributed by atoms with E-state index in [9.17, 15) is 9.90 Å². The molecule has 2 aromatic rings. The van der Waals surface area contributed by atoms with E-state index in [2.05, 4.69) is 15.6 Å². The third-order valence-electron chi connectivity index (χ3n) is 2.77. The number of urea groups is 1. The van der Waals surface area contributed by atoms with E-state index >= 15 is 0 Å². The summed E-state index contributed by atoms with van der Waals surface area (Å²) >= 11 is 1.43. The van der Waals surface area contributed by atoms with Gasteiger partial charge in [0.1, 0.15) is 11.4 Å². The number of anilines is 1. The summed E-state index contributed by atoms with van der Waals surface area (Å²) in [5.41, 5.74) is -1.25. The number of aliphatic hydroxyl groups is 1. The van der Waals surface area contributed by atoms with Gasteiger partial charge in [0.2, 0.25) is 0 Å². The number of nitrogens with one attached hydrogen (secondary N) is 2. The lowest BCUT2D eigenvalue weighted by Gasteiger charge is -2.20. The smallest absolute Gasteiger partial charge is 0.321 e. The molecular weight excluding hydrogens is 278 g/mol. The molecule has 0 fully saturated rings. The maximum Gasteiger partial charge on any atom is 0.321 e. The summed E-state index contributed by atoms with van der Waals surface area (Å²) in [4.78, 5) is 16.9. The van der Waals surface area contributed by atoms with Crippen LogP contribution in [0.25, 0.3) is 0 Å². The predicted octanol–water partition coefficient (Wildman–Crippen LogP) is 2.33. The van der Waals surface area contributed by atoms with Gasteiger partial charge in [-0.2, -0.15) is 0 Å². The van der Waals surface area contributed by atoms with Gasteiger partial charge in [-0.25, -0.2) is 9.78 Å². The van der Waals surface area contributed by atoms with Gasteiger partial charge in [-0.3, -0.25) is 5.32 Å². The Hall–Kier alpha value is -1.86. The highest BCUT2D eigenvalue weighted by Gasteiger charge is 2.26. The van der Waals surface area contributed by atoms with Crippen molar-refractivity contribution in [2.24, 2.45) is 0 Å². The van der Waals surface area contributed by atoms with Gasteiger partial charge in [-0.15, -0.1) is 11.3 Å². The highest BCUT2D eigenvalue weighted by Crippen LogP contribution is 2.20. The number of rotatable bonds is 5. The van der Waals surface area contributed by atoms with Crippen LogP contribution in [-0.2, 0) is 12.0 Å². The van der Waals surface area contributed by atoms with E-state index in [1.807, 2.05) is 6.92 Å². The minimum atomic E-state index is -1.25. The van der Waals surface area contributed by atoms with Crippen LogP contribution >= 0.6 is 11.3 Å². The number of furan rings is 1. The van der Waals surface area contributed by atoms with Crippen molar-refractivity contribution in [2.75, 3.05) is 11.9 Å². The van der Waals surface area contributed by atoms with Crippen LogP contribution in [0, 0.1) is 0 Å². The zero-order chi connectivity index (χ0) is 14.6. The molecule has 0 bridgehead atoms. The minimum Gasteiger partial charge on any atom is -0.466 e. The predicted molar refractivity (Wildman–Crippen MR) is 76.8 cm³/mol. The van der Waals surface area contributed by atoms with Crippen LogP contribution in [-0.4, -0.2) is 22.7 Å². The fraction of sp³-hybridized carbons (Fsp3) is 0.385. The maximum atomic E-state index is 11.7. The number of nitrogens with zero attached hydrogens (tertiary/aromatic N) is 1. The summed E-state index contributed by atoms with van der Waals surface area (Å²) in [7, 11) is 0. The summed E-state index contributed by atoms with van der Waals surface area (Å²) < 4.78 is 5.13. The molecule has 2 rings (SSSR count). The molecule has 1 unspecified atom stereocenters. The van der Waals surface area contributed by atoms with E-state index in [1.165, 1.54) is 17.6 Å². The van der Waals surface area contributed by atoms with Gasteiger partial charge in [0.15, 0.2) is 5.13 Å². The van der Waals surface area contributed by atoms with Crippen molar-refractivity contribution in [2.45, 2.75) is 25.9 Å². The molecule has 0 aliphatic heterocycles. The van der Waals surface area contributed by atoms with E-state index in [4.69, 9.17) is 4.42 Å². The van der Waals surface area contributed by atoms with Crippen LogP contribution in [0.4, 0.5) is 9.93 Å². The molecule has 0 saturated carbocycles. The molecule has 0 saturated heterocycles. The number of carbonyl (C=O) groups excluding carboxylic acids is 1. The molecule has 7 heteroatoms. The van der Waals surface area contributed by atoms with Gasteiger partial charge >= 0.3 is 6.03 Å². The van der Waals surface area contributed by atoms with E-state index in [0.717, 1.165) is 11.3 Å². The average molecular weight is 295 g/mol. The first-order valence-corrected chi connectivity index (χ1v) is 7.09. The van der Waals surface area contributed by atoms with Crippen molar-refractivity contribution in [3.63, 3.8) is 0 Å². The van der Waals surface area contributed by atoms with E-state index < -0.39 is 11.6 Å². The molecule has 0 aliphatic rings. The molecule has 0 aliphatic carbocycles. The molecule has 2 amide bonds. The van der Waals surface area contributed by atoms with Crippen LogP contribution in [0.15, 0.2) is 29.0 Å². The van der Waals surface area contributed by atoms with E-state index in [1.54, 1.807) is 25.3 Å². The zero-order valence-electron chi connectivity index (χ0n) is 11.3. The molecular formula is C13H17N3O3S. The summed E-state index contributed by atoms with van der Waals surface area (Å²) in [5.74, 6) is 0.403. The fourth-order valence-electron chi connectivity index (χ4n) is 1.59. The molecule has 2 heterocycles. The standard InChI is InChI=1S/C13H17N3O3S/c1-3-9-7-14-12(20-9)16-11(17)15-8-13(2,18)10-5-4-6-19-10/h4-7,18H,3,8H2,1-2H3,(H2,14,15,16,17). The quantitative estimate of drug-likeness (QED) is 0.790. The zero-order valence-corrected chi connectivity index (χ0v) is 12.2. The summed E-state index contributed by atoms with van der Waals surface area (Å²) in [6.45, 7) is 3.64. The number of aromatic nitrogens is 1. The van der Waals surface area contributed by atoms with Gasteiger partial charge < -0.3 is 14.8 Å². The van der Waals surface area contributed by atoms with Crippen molar-refractivity contribution in [1.82, 2.24) is 10.3 Å². The molecule has 6 nitrogen and oxygen atoms in total. The van der Waals surface area contributed by atoms with E-state index in [0.29, 0.717) is 10.9 Å². The number of amides is 2. The fourth-order valence-corrected chi connectivity index (χ4v) is 2.34. The summed E-state index contributed by atoms with van der Waals surface area (Å²) in [6, 6.07) is 2.94. The second kappa shape index (κ2) is 6.06. The highest BCUT2D eigenvalue weighted by molar-refractivity contribution is 7.15. The van der Waals surface area contributed by atoms with Crippen LogP contribution in [0.1, 0.15) is 24.5 Å². The molecule has 0 radical (unpaired) electrons. The molecule has 0 aromatic carbocycles. The molecule has 2 aromatic heterocycles. The van der Waals surface area contributed by atoms with Crippen molar-refractivity contribution in [3.05, 3.63) is 35.2 Å². The Morgan fingerprint density at radius 3 is 3.00 bits per heavy atom. The Bertz CT molecular complexity index is 563. The van der Waals surface area contributed by atoms with Crippen LogP contribution in [0.5, 0.6) is 0 Å². The summed E-state index contributed by atoms with van der Waals surface area (Å²) in [6.07, 6.45) is 4.10. The van der Waals surface area contributed by atoms with Crippen molar-refractivity contribution < 1.29 is 14.3 Å². The second-order valence-electron chi connectivity index (χ2n) is 4.54. The van der Waals surface area contributed by atoms with Crippen molar-refractivity contribution in [3.8, 4) is 0 Å². The largest absolute Gasteiger partial charge is 0.466 e. The lowest BCUT2D eigenvalue weighted by atomic mass is 10.0. The minimum absolute atomic E-state index is 0.0400. The number of aryl methyl sites for hydroxylation is 1. The Labute approximate surface area is 120 Å². The Morgan fingerprint density at radius 2 is 2.40 bits per heavy atom. The van der Waals surface area contributed by atoms with Gasteiger partial charge in [-0.05, 0) is 25.5 Å². The summed E-state index contributed by atoms with van der Waals surface area (Å²) in [5, 5.41) is 15.9. The van der Waals surface area contributed by atoms with Crippen LogP contribution in [0.3, 0.4) is 0 Å². The first kappa shape index (κ1) is 14.5. The molecule has 3 N–H and O–H groups in total. The molecule has 108 valence electrons. The number of hydrogen-bond donors (Lipinski definition) is 3. The maximum absolute atomic E-state index is 11.7. The number of thiazole rings is 1. The Balaban J connectivity index is 1.86. The third-order valence-corrected chi connectivity index (χ3v) is 3.82. The third kappa shape index (κ3) is 3.58. The molecule has 0 spiro atoms. The van der Waals surface area contributed by atoms with Crippen LogP contribution < -0.4 is 10.6 Å². The number of hydrogen-bond acceptors (Lipinski definition) is 5. The highest BCUT2D eigenvalue weighted by atomic mass is 32.1. The average Bonchev–Trinajstić information content (AvgIpc) is 3.07. The monoisotopic (exact) mass is 295 g/mol. The number of carbonyl (C=O) groups is 1. The van der Waals surface area contributed by atoms with Gasteiger partial charge in [-0.1, -0.05) is 6.92 Å². The normalized spacial score (nSPS) is 13.8. The van der Waals surface area contributed by atoms with Crippen molar-refractivity contribution >= 4 is 22.5 Å². The lowest BCUT2D eigenvalue weighted by Crippen LogP contribution is -2.40.